The predicted molar refractivity (Wildman–Crippen MR) is 95.6 cm³/mol. The normalized spacial score (nSPS) is 11.6. The van der Waals surface area contributed by atoms with E-state index in [0.717, 1.165) is 12.1 Å². The van der Waals surface area contributed by atoms with Crippen LogP contribution in [0.1, 0.15) is 29.8 Å². The number of nitrogens with zero attached hydrogens (tertiary/aromatic N) is 1. The third-order valence-electron chi connectivity index (χ3n) is 3.97. The van der Waals surface area contributed by atoms with E-state index in [4.69, 9.17) is 0 Å². The number of halogens is 2. The summed E-state index contributed by atoms with van der Waals surface area (Å²) in [4.78, 5) is 12.4. The van der Waals surface area contributed by atoms with Crippen LogP contribution in [-0.4, -0.2) is 31.7 Å². The molecule has 1 N–H and O–H groups in total. The van der Waals surface area contributed by atoms with Crippen molar-refractivity contribution in [1.82, 2.24) is 4.31 Å². The highest BCUT2D eigenvalue weighted by Gasteiger charge is 2.25. The minimum absolute atomic E-state index is 0.0102. The minimum atomic E-state index is -3.77. The second kappa shape index (κ2) is 7.92. The molecule has 2 rings (SSSR count). The Kier molecular flexibility index (Phi) is 6.09. The van der Waals surface area contributed by atoms with Crippen LogP contribution in [0.2, 0.25) is 0 Å². The van der Waals surface area contributed by atoms with Crippen LogP contribution in [0, 0.1) is 18.6 Å². The van der Waals surface area contributed by atoms with Crippen molar-refractivity contribution in [2.45, 2.75) is 25.7 Å². The Labute approximate surface area is 151 Å². The maximum atomic E-state index is 13.7. The molecule has 26 heavy (non-hydrogen) atoms. The van der Waals surface area contributed by atoms with Crippen LogP contribution in [0.15, 0.2) is 41.3 Å². The summed E-state index contributed by atoms with van der Waals surface area (Å²) in [6, 6.07) is 7.33. The molecule has 0 aliphatic heterocycles. The van der Waals surface area contributed by atoms with Gasteiger partial charge in [0.2, 0.25) is 10.0 Å². The van der Waals surface area contributed by atoms with E-state index in [1.165, 1.54) is 28.6 Å². The lowest BCUT2D eigenvalue weighted by atomic mass is 10.1. The molecule has 0 heterocycles. The van der Waals surface area contributed by atoms with Crippen LogP contribution in [0.3, 0.4) is 0 Å². The molecular formula is C18H20F2N2O3S. The Balaban J connectivity index is 2.42. The molecule has 0 aliphatic carbocycles. The molecule has 0 aromatic heterocycles. The number of hydrogen-bond acceptors (Lipinski definition) is 3. The van der Waals surface area contributed by atoms with Gasteiger partial charge in [-0.15, -0.1) is 0 Å². The molecular weight excluding hydrogens is 362 g/mol. The van der Waals surface area contributed by atoms with Crippen LogP contribution in [0.25, 0.3) is 0 Å². The van der Waals surface area contributed by atoms with Crippen LogP contribution in [-0.2, 0) is 10.0 Å². The molecule has 8 heteroatoms. The van der Waals surface area contributed by atoms with Crippen molar-refractivity contribution in [3.05, 3.63) is 59.2 Å². The molecule has 0 saturated carbocycles. The molecule has 0 spiro atoms. The van der Waals surface area contributed by atoms with E-state index in [-0.39, 0.29) is 23.5 Å². The van der Waals surface area contributed by atoms with E-state index in [9.17, 15) is 22.0 Å². The average molecular weight is 382 g/mol. The summed E-state index contributed by atoms with van der Waals surface area (Å²) in [5.41, 5.74) is -0.110. The van der Waals surface area contributed by atoms with E-state index in [1.54, 1.807) is 20.8 Å². The molecule has 0 saturated heterocycles. The summed E-state index contributed by atoms with van der Waals surface area (Å²) in [5.74, 6) is -2.63. The molecule has 2 aromatic carbocycles. The maximum Gasteiger partial charge on any atom is 0.255 e. The van der Waals surface area contributed by atoms with Gasteiger partial charge in [-0.1, -0.05) is 26.0 Å². The third-order valence-corrected chi connectivity index (χ3v) is 6.17. The molecule has 0 bridgehead atoms. The lowest BCUT2D eigenvalue weighted by Gasteiger charge is -2.20. The first-order valence-electron chi connectivity index (χ1n) is 8.08. The lowest BCUT2D eigenvalue weighted by Crippen LogP contribution is -2.31. The molecule has 5 nitrogen and oxygen atoms in total. The van der Waals surface area contributed by atoms with Crippen LogP contribution in [0.5, 0.6) is 0 Å². The summed E-state index contributed by atoms with van der Waals surface area (Å²) in [6.07, 6.45) is 0. The molecule has 0 atom stereocenters. The highest BCUT2D eigenvalue weighted by molar-refractivity contribution is 7.89. The Morgan fingerprint density at radius 2 is 1.65 bits per heavy atom. The van der Waals surface area contributed by atoms with Crippen molar-refractivity contribution in [1.29, 1.82) is 0 Å². The first-order valence-corrected chi connectivity index (χ1v) is 9.52. The van der Waals surface area contributed by atoms with Crippen molar-refractivity contribution in [2.24, 2.45) is 0 Å². The second-order valence-corrected chi connectivity index (χ2v) is 7.53. The molecule has 2 aromatic rings. The highest BCUT2D eigenvalue weighted by atomic mass is 32.2. The number of para-hydroxylation sites is 1. The average Bonchev–Trinajstić information content (AvgIpc) is 2.59. The van der Waals surface area contributed by atoms with Gasteiger partial charge in [0, 0.05) is 18.7 Å². The van der Waals surface area contributed by atoms with E-state index >= 15 is 0 Å². The first kappa shape index (κ1) is 20.0. The Morgan fingerprint density at radius 3 is 2.19 bits per heavy atom. The van der Waals surface area contributed by atoms with Gasteiger partial charge in [0.25, 0.3) is 5.91 Å². The summed E-state index contributed by atoms with van der Waals surface area (Å²) in [5, 5.41) is 2.15. The predicted octanol–water partition coefficient (Wildman–Crippen LogP) is 3.56. The zero-order valence-electron chi connectivity index (χ0n) is 14.7. The van der Waals surface area contributed by atoms with E-state index in [1.807, 2.05) is 0 Å². The molecule has 1 amide bonds. The van der Waals surface area contributed by atoms with Crippen LogP contribution < -0.4 is 5.32 Å². The summed E-state index contributed by atoms with van der Waals surface area (Å²) in [7, 11) is -3.77. The van der Waals surface area contributed by atoms with Gasteiger partial charge in [0.1, 0.15) is 17.3 Å². The number of anilines is 1. The van der Waals surface area contributed by atoms with Crippen molar-refractivity contribution in [2.75, 3.05) is 18.4 Å². The number of benzene rings is 2. The van der Waals surface area contributed by atoms with Crippen LogP contribution >= 0.6 is 0 Å². The number of aryl methyl sites for hydroxylation is 1. The fraction of sp³-hybridized carbons (Fsp3) is 0.278. The van der Waals surface area contributed by atoms with Gasteiger partial charge in [0.15, 0.2) is 0 Å². The van der Waals surface area contributed by atoms with Gasteiger partial charge < -0.3 is 5.32 Å². The highest BCUT2D eigenvalue weighted by Crippen LogP contribution is 2.23. The van der Waals surface area contributed by atoms with Crippen molar-refractivity contribution in [3.8, 4) is 0 Å². The zero-order valence-corrected chi connectivity index (χ0v) is 15.5. The standard InChI is InChI=1S/C18H20F2N2O3S/c1-4-22(5-2)26(24,25)16-11-13(10-9-12(16)3)18(23)21-17-14(19)7-6-8-15(17)20/h6-11H,4-5H2,1-3H3,(H,21,23). The number of amides is 1. The SMILES string of the molecule is CCN(CC)S(=O)(=O)c1cc(C(=O)Nc2c(F)cccc2F)ccc1C. The molecule has 0 radical (unpaired) electrons. The molecule has 0 fully saturated rings. The summed E-state index contributed by atoms with van der Waals surface area (Å²) < 4.78 is 54.1. The summed E-state index contributed by atoms with van der Waals surface area (Å²) >= 11 is 0. The van der Waals surface area contributed by atoms with Gasteiger partial charge >= 0.3 is 0 Å². The first-order chi connectivity index (χ1) is 12.2. The Hall–Kier alpha value is -2.32. The molecule has 0 aliphatic rings. The lowest BCUT2D eigenvalue weighted by molar-refractivity contribution is 0.102. The number of carbonyl (C=O) groups excluding carboxylic acids is 1. The minimum Gasteiger partial charge on any atom is -0.317 e. The van der Waals surface area contributed by atoms with Gasteiger partial charge in [-0.3, -0.25) is 4.79 Å². The third kappa shape index (κ3) is 3.91. The van der Waals surface area contributed by atoms with Crippen molar-refractivity contribution in [3.63, 3.8) is 0 Å². The number of nitrogens with one attached hydrogen (secondary N) is 1. The monoisotopic (exact) mass is 382 g/mol. The number of rotatable bonds is 6. The largest absolute Gasteiger partial charge is 0.317 e. The quantitative estimate of drug-likeness (QED) is 0.831. The number of sulfonamides is 1. The smallest absolute Gasteiger partial charge is 0.255 e. The fourth-order valence-electron chi connectivity index (χ4n) is 2.52. The molecule has 140 valence electrons. The van der Waals surface area contributed by atoms with Crippen molar-refractivity contribution >= 4 is 21.6 Å². The van der Waals surface area contributed by atoms with Gasteiger partial charge in [-0.05, 0) is 36.8 Å². The Morgan fingerprint density at radius 1 is 1.08 bits per heavy atom. The van der Waals surface area contributed by atoms with E-state index in [2.05, 4.69) is 5.32 Å². The maximum absolute atomic E-state index is 13.7. The van der Waals surface area contributed by atoms with E-state index in [0.29, 0.717) is 5.56 Å². The number of hydrogen-bond donors (Lipinski definition) is 1. The van der Waals surface area contributed by atoms with Crippen LogP contribution in [0.4, 0.5) is 14.5 Å². The van der Waals surface area contributed by atoms with Gasteiger partial charge in [-0.2, -0.15) is 4.31 Å². The molecule has 0 unspecified atom stereocenters. The van der Waals surface area contributed by atoms with Gasteiger partial charge in [-0.25, -0.2) is 17.2 Å². The summed E-state index contributed by atoms with van der Waals surface area (Å²) in [6.45, 7) is 5.63. The zero-order chi connectivity index (χ0) is 19.5. The number of carbonyl (C=O) groups is 1. The van der Waals surface area contributed by atoms with E-state index < -0.39 is 33.3 Å². The Bertz CT molecular complexity index is 906. The second-order valence-electron chi connectivity index (χ2n) is 5.62. The van der Waals surface area contributed by atoms with Crippen molar-refractivity contribution < 1.29 is 22.0 Å². The van der Waals surface area contributed by atoms with Gasteiger partial charge in [0.05, 0.1) is 4.90 Å². The topological polar surface area (TPSA) is 66.5 Å². The fourth-order valence-corrected chi connectivity index (χ4v) is 4.23.